The van der Waals surface area contributed by atoms with Gasteiger partial charge < -0.3 is 14.3 Å². The first-order valence-corrected chi connectivity index (χ1v) is 9.21. The molecule has 1 radical (unpaired) electrons. The fraction of sp³-hybridized carbons (Fsp3) is 1.00. The SMILES string of the molecule is CO[Si](C)(C)O[Si](C)CCCN. The van der Waals surface area contributed by atoms with Gasteiger partial charge in [-0.05, 0) is 38.7 Å². The highest BCUT2D eigenvalue weighted by molar-refractivity contribution is 6.73. The fourth-order valence-corrected chi connectivity index (χ4v) is 5.66. The van der Waals surface area contributed by atoms with Crippen LogP contribution in [-0.2, 0) is 8.54 Å². The Morgan fingerprint density at radius 2 is 2.00 bits per heavy atom. The van der Waals surface area contributed by atoms with Crippen LogP contribution in [0.1, 0.15) is 6.42 Å². The molecule has 0 atom stereocenters. The van der Waals surface area contributed by atoms with Crippen LogP contribution in [-0.4, -0.2) is 31.3 Å². The van der Waals surface area contributed by atoms with Crippen molar-refractivity contribution < 1.29 is 8.54 Å². The molecule has 2 N–H and O–H groups in total. The summed E-state index contributed by atoms with van der Waals surface area (Å²) in [5.74, 6) is 0. The molecule has 12 heavy (non-hydrogen) atoms. The van der Waals surface area contributed by atoms with Crippen molar-refractivity contribution in [3.8, 4) is 0 Å². The molecule has 0 spiro atoms. The maximum atomic E-state index is 5.85. The molecule has 0 bridgehead atoms. The maximum absolute atomic E-state index is 5.85. The van der Waals surface area contributed by atoms with E-state index in [0.29, 0.717) is 0 Å². The fourth-order valence-electron chi connectivity index (χ4n) is 0.863. The van der Waals surface area contributed by atoms with Gasteiger partial charge in [-0.2, -0.15) is 0 Å². The summed E-state index contributed by atoms with van der Waals surface area (Å²) in [7, 11) is -0.724. The largest absolute Gasteiger partial charge is 0.436 e. The highest BCUT2D eigenvalue weighted by Gasteiger charge is 2.25. The highest BCUT2D eigenvalue weighted by Crippen LogP contribution is 2.09. The second-order valence-electron chi connectivity index (χ2n) is 3.30. The van der Waals surface area contributed by atoms with Crippen molar-refractivity contribution >= 4 is 17.6 Å². The minimum Gasteiger partial charge on any atom is -0.436 e. The molecule has 0 saturated carbocycles. The van der Waals surface area contributed by atoms with Gasteiger partial charge in [0.2, 0.25) is 0 Å². The molecule has 0 heterocycles. The lowest BCUT2D eigenvalue weighted by molar-refractivity contribution is 0.315. The van der Waals surface area contributed by atoms with Crippen molar-refractivity contribution in [2.45, 2.75) is 32.1 Å². The van der Waals surface area contributed by atoms with Crippen LogP contribution < -0.4 is 5.73 Å². The molecule has 3 nitrogen and oxygen atoms in total. The molecule has 0 aromatic rings. The van der Waals surface area contributed by atoms with Crippen LogP contribution in [0.25, 0.3) is 0 Å². The van der Waals surface area contributed by atoms with Gasteiger partial charge in [-0.25, -0.2) is 0 Å². The van der Waals surface area contributed by atoms with E-state index >= 15 is 0 Å². The summed E-state index contributed by atoms with van der Waals surface area (Å²) in [5, 5.41) is 0. The monoisotopic (exact) mass is 206 g/mol. The molecule has 0 amide bonds. The van der Waals surface area contributed by atoms with Gasteiger partial charge >= 0.3 is 8.56 Å². The average molecular weight is 206 g/mol. The van der Waals surface area contributed by atoms with E-state index in [2.05, 4.69) is 19.6 Å². The van der Waals surface area contributed by atoms with Crippen LogP contribution in [0.2, 0.25) is 25.7 Å². The third-order valence-electron chi connectivity index (χ3n) is 1.64. The number of hydrogen-bond donors (Lipinski definition) is 1. The van der Waals surface area contributed by atoms with Crippen LogP contribution in [0.3, 0.4) is 0 Å². The first-order valence-electron chi connectivity index (χ1n) is 4.28. The lowest BCUT2D eigenvalue weighted by atomic mass is 10.5. The van der Waals surface area contributed by atoms with E-state index in [1.807, 2.05) is 0 Å². The van der Waals surface area contributed by atoms with Gasteiger partial charge in [0.25, 0.3) is 0 Å². The first kappa shape index (κ1) is 12.3. The first-order chi connectivity index (χ1) is 5.52. The summed E-state index contributed by atoms with van der Waals surface area (Å²) in [6, 6.07) is 1.13. The highest BCUT2D eigenvalue weighted by atomic mass is 28.4. The second kappa shape index (κ2) is 5.87. The summed E-state index contributed by atoms with van der Waals surface area (Å²) < 4.78 is 11.2. The van der Waals surface area contributed by atoms with E-state index in [9.17, 15) is 0 Å². The predicted molar refractivity (Wildman–Crippen MR) is 55.7 cm³/mol. The topological polar surface area (TPSA) is 44.5 Å². The molecule has 0 aliphatic carbocycles. The standard InChI is InChI=1S/C7H20NO2Si2/c1-9-12(3,4)10-11(2)7-5-6-8/h5-8H2,1-4H3. The Bertz CT molecular complexity index is 122. The molecule has 73 valence electrons. The smallest absolute Gasteiger partial charge is 0.321 e. The molecule has 0 aliphatic heterocycles. The molecular formula is C7H20NO2Si2. The number of hydrogen-bond acceptors (Lipinski definition) is 3. The zero-order chi connectivity index (χ0) is 9.61. The van der Waals surface area contributed by atoms with Crippen LogP contribution in [0.15, 0.2) is 0 Å². The Hall–Kier alpha value is 0.314. The lowest BCUT2D eigenvalue weighted by Crippen LogP contribution is -2.38. The Labute approximate surface area is 78.2 Å². The molecule has 0 aliphatic rings. The molecular weight excluding hydrogens is 186 g/mol. The Morgan fingerprint density at radius 3 is 2.42 bits per heavy atom. The van der Waals surface area contributed by atoms with Crippen molar-refractivity contribution in [3.05, 3.63) is 0 Å². The normalized spacial score (nSPS) is 12.5. The van der Waals surface area contributed by atoms with Gasteiger partial charge in [-0.15, -0.1) is 0 Å². The number of nitrogens with two attached hydrogens (primary N) is 1. The summed E-state index contributed by atoms with van der Waals surface area (Å²) >= 11 is 0. The number of rotatable bonds is 6. The van der Waals surface area contributed by atoms with E-state index in [1.54, 1.807) is 7.11 Å². The Balaban J connectivity index is 3.60. The van der Waals surface area contributed by atoms with Crippen LogP contribution in [0.4, 0.5) is 0 Å². The van der Waals surface area contributed by atoms with Crippen LogP contribution in [0.5, 0.6) is 0 Å². The molecule has 0 aromatic carbocycles. The van der Waals surface area contributed by atoms with Gasteiger partial charge in [0.1, 0.15) is 0 Å². The third-order valence-corrected chi connectivity index (χ3v) is 7.05. The Kier molecular flexibility index (Phi) is 6.03. The second-order valence-corrected chi connectivity index (χ2v) is 9.23. The minimum atomic E-state index is -1.79. The summed E-state index contributed by atoms with van der Waals surface area (Å²) in [4.78, 5) is 0. The molecule has 0 aromatic heterocycles. The lowest BCUT2D eigenvalue weighted by Gasteiger charge is -2.24. The zero-order valence-corrected chi connectivity index (χ0v) is 10.5. The molecule has 0 unspecified atom stereocenters. The van der Waals surface area contributed by atoms with Gasteiger partial charge in [-0.1, -0.05) is 0 Å². The van der Waals surface area contributed by atoms with Gasteiger partial charge in [0.05, 0.1) is 0 Å². The summed E-state index contributed by atoms with van der Waals surface area (Å²) in [6.45, 7) is 7.08. The zero-order valence-electron chi connectivity index (χ0n) is 8.52. The van der Waals surface area contributed by atoms with Crippen LogP contribution in [0, 0.1) is 0 Å². The van der Waals surface area contributed by atoms with Crippen molar-refractivity contribution in [1.29, 1.82) is 0 Å². The molecule has 0 rings (SSSR count). The van der Waals surface area contributed by atoms with E-state index in [1.165, 1.54) is 0 Å². The third kappa shape index (κ3) is 5.90. The molecule has 5 heteroatoms. The van der Waals surface area contributed by atoms with Crippen molar-refractivity contribution in [2.75, 3.05) is 13.7 Å². The van der Waals surface area contributed by atoms with Crippen molar-refractivity contribution in [3.63, 3.8) is 0 Å². The van der Waals surface area contributed by atoms with Crippen molar-refractivity contribution in [1.82, 2.24) is 0 Å². The van der Waals surface area contributed by atoms with Gasteiger partial charge in [0.15, 0.2) is 9.04 Å². The van der Waals surface area contributed by atoms with E-state index in [4.69, 9.17) is 14.3 Å². The summed E-state index contributed by atoms with van der Waals surface area (Å²) in [5.41, 5.74) is 5.41. The van der Waals surface area contributed by atoms with Gasteiger partial charge in [-0.3, -0.25) is 0 Å². The van der Waals surface area contributed by atoms with E-state index < -0.39 is 17.6 Å². The van der Waals surface area contributed by atoms with Gasteiger partial charge in [0, 0.05) is 7.11 Å². The molecule has 0 saturated heterocycles. The average Bonchev–Trinajstić information content (AvgIpc) is 2.00. The summed E-state index contributed by atoms with van der Waals surface area (Å²) in [6.07, 6.45) is 1.07. The quantitative estimate of drug-likeness (QED) is 0.667. The van der Waals surface area contributed by atoms with E-state index in [0.717, 1.165) is 19.0 Å². The Morgan fingerprint density at radius 1 is 1.42 bits per heavy atom. The predicted octanol–water partition coefficient (Wildman–Crippen LogP) is 1.32. The molecule has 0 fully saturated rings. The minimum absolute atomic E-state index is 0.665. The van der Waals surface area contributed by atoms with Crippen molar-refractivity contribution in [2.24, 2.45) is 5.73 Å². The van der Waals surface area contributed by atoms with E-state index in [-0.39, 0.29) is 0 Å². The maximum Gasteiger partial charge on any atom is 0.321 e. The van der Waals surface area contributed by atoms with Crippen LogP contribution >= 0.6 is 0 Å².